The second kappa shape index (κ2) is 10.6. The number of hydrogen-bond donors (Lipinski definition) is 1. The van der Waals surface area contributed by atoms with E-state index in [4.69, 9.17) is 9.72 Å². The lowest BCUT2D eigenvalue weighted by atomic mass is 10.0. The summed E-state index contributed by atoms with van der Waals surface area (Å²) in [6, 6.07) is 10.8. The molecule has 8 nitrogen and oxygen atoms in total. The van der Waals surface area contributed by atoms with Crippen LogP contribution in [0.25, 0.3) is 0 Å². The number of carbonyl (C=O) groups is 1. The fourth-order valence-electron chi connectivity index (χ4n) is 4.48. The van der Waals surface area contributed by atoms with E-state index in [1.54, 1.807) is 6.20 Å². The molecule has 0 amide bonds. The van der Waals surface area contributed by atoms with Gasteiger partial charge in [-0.2, -0.15) is 4.98 Å². The molecule has 2 aromatic rings. The van der Waals surface area contributed by atoms with Gasteiger partial charge in [0.15, 0.2) is 12.5 Å². The lowest BCUT2D eigenvalue weighted by Gasteiger charge is -2.32. The largest absolute Gasteiger partial charge is 0.349 e. The third kappa shape index (κ3) is 5.69. The Morgan fingerprint density at radius 3 is 2.52 bits per heavy atom. The summed E-state index contributed by atoms with van der Waals surface area (Å²) in [6.45, 7) is 12.4. The number of carbonyl (C=O) groups excluding carboxylic acids is 1. The van der Waals surface area contributed by atoms with Gasteiger partial charge in [-0.25, -0.2) is 4.98 Å². The summed E-state index contributed by atoms with van der Waals surface area (Å²) in [6.07, 6.45) is 1.96. The van der Waals surface area contributed by atoms with E-state index in [1.165, 1.54) is 11.1 Å². The molecule has 2 fully saturated rings. The van der Waals surface area contributed by atoms with Crippen LogP contribution in [0.3, 0.4) is 0 Å². The van der Waals surface area contributed by atoms with Crippen LogP contribution in [-0.2, 0) is 16.1 Å². The maximum Gasteiger partial charge on any atom is 0.225 e. The third-order valence-electron chi connectivity index (χ3n) is 6.69. The average molecular weight is 453 g/mol. The van der Waals surface area contributed by atoms with E-state index in [-0.39, 0.29) is 12.1 Å². The summed E-state index contributed by atoms with van der Waals surface area (Å²) >= 11 is 0. The molecule has 8 heteroatoms. The minimum Gasteiger partial charge on any atom is -0.349 e. The number of nitrogens with zero attached hydrogens (tertiary/aromatic N) is 5. The summed E-state index contributed by atoms with van der Waals surface area (Å²) in [4.78, 5) is 27.5. The minimum absolute atomic E-state index is 0.0514. The van der Waals surface area contributed by atoms with Crippen molar-refractivity contribution in [1.29, 1.82) is 0 Å². The standard InChI is InChI=1S/C25H36N6O2/c1-18(2)22-17-33-24(16-32)31(22)23-9-10-26-25(28-23)27-19(3)21-7-5-20(6-8-21)15-30-13-11-29(4)12-14-30/h5-10,16,18-19,22,24H,11-15,17H2,1-4H3,(H,26,27,28)/t19-,22+,24?/m0/s1. The summed E-state index contributed by atoms with van der Waals surface area (Å²) < 4.78 is 5.68. The molecule has 3 heterocycles. The Bertz CT molecular complexity index is 913. The quantitative estimate of drug-likeness (QED) is 0.613. The second-order valence-corrected chi connectivity index (χ2v) is 9.50. The number of aromatic nitrogens is 2. The van der Waals surface area contributed by atoms with Crippen molar-refractivity contribution in [3.8, 4) is 0 Å². The first-order chi connectivity index (χ1) is 15.9. The van der Waals surface area contributed by atoms with Crippen LogP contribution in [0, 0.1) is 5.92 Å². The lowest BCUT2D eigenvalue weighted by Crippen LogP contribution is -2.43. The Kier molecular flexibility index (Phi) is 7.57. The van der Waals surface area contributed by atoms with E-state index < -0.39 is 6.23 Å². The topological polar surface area (TPSA) is 73.8 Å². The predicted octanol–water partition coefficient (Wildman–Crippen LogP) is 2.78. The van der Waals surface area contributed by atoms with E-state index in [2.05, 4.69) is 72.2 Å². The van der Waals surface area contributed by atoms with Crippen molar-refractivity contribution in [2.45, 2.75) is 45.6 Å². The van der Waals surface area contributed by atoms with Crippen molar-refractivity contribution in [3.05, 3.63) is 47.7 Å². The van der Waals surface area contributed by atoms with Crippen LogP contribution in [0.1, 0.15) is 37.9 Å². The summed E-state index contributed by atoms with van der Waals surface area (Å²) in [7, 11) is 2.18. The molecule has 1 aromatic carbocycles. The molecule has 2 aliphatic rings. The van der Waals surface area contributed by atoms with Gasteiger partial charge in [0.05, 0.1) is 18.7 Å². The molecule has 1 N–H and O–H groups in total. The molecule has 0 spiro atoms. The molecule has 2 saturated heterocycles. The van der Waals surface area contributed by atoms with E-state index in [0.29, 0.717) is 24.3 Å². The first kappa shape index (κ1) is 23.6. The van der Waals surface area contributed by atoms with Gasteiger partial charge in [-0.15, -0.1) is 0 Å². The highest BCUT2D eigenvalue weighted by atomic mass is 16.5. The zero-order valence-corrected chi connectivity index (χ0v) is 20.1. The molecular formula is C25H36N6O2. The maximum atomic E-state index is 11.5. The number of ether oxygens (including phenoxy) is 1. The molecule has 0 radical (unpaired) electrons. The van der Waals surface area contributed by atoms with Crippen molar-refractivity contribution in [1.82, 2.24) is 19.8 Å². The zero-order chi connectivity index (χ0) is 23.4. The van der Waals surface area contributed by atoms with Gasteiger partial charge in [-0.05, 0) is 37.1 Å². The molecule has 178 valence electrons. The lowest BCUT2D eigenvalue weighted by molar-refractivity contribution is -0.115. The third-order valence-corrected chi connectivity index (χ3v) is 6.69. The van der Waals surface area contributed by atoms with E-state index in [0.717, 1.165) is 39.0 Å². The van der Waals surface area contributed by atoms with E-state index in [9.17, 15) is 4.79 Å². The van der Waals surface area contributed by atoms with Crippen LogP contribution in [0.2, 0.25) is 0 Å². The second-order valence-electron chi connectivity index (χ2n) is 9.50. The average Bonchev–Trinajstić information content (AvgIpc) is 3.26. The predicted molar refractivity (Wildman–Crippen MR) is 130 cm³/mol. The normalized spacial score (nSPS) is 23.1. The number of hydrogen-bond acceptors (Lipinski definition) is 8. The van der Waals surface area contributed by atoms with Gasteiger partial charge in [0.1, 0.15) is 5.82 Å². The molecule has 33 heavy (non-hydrogen) atoms. The Hall–Kier alpha value is -2.55. The summed E-state index contributed by atoms with van der Waals surface area (Å²) in [5.74, 6) is 1.58. The monoisotopic (exact) mass is 452 g/mol. The van der Waals surface area contributed by atoms with Crippen LogP contribution in [0.5, 0.6) is 0 Å². The van der Waals surface area contributed by atoms with Crippen molar-refractivity contribution >= 4 is 18.1 Å². The number of benzene rings is 1. The first-order valence-corrected chi connectivity index (χ1v) is 11.9. The van der Waals surface area contributed by atoms with Crippen LogP contribution in [-0.4, -0.2) is 78.2 Å². The van der Waals surface area contributed by atoms with Crippen molar-refractivity contribution < 1.29 is 9.53 Å². The highest BCUT2D eigenvalue weighted by molar-refractivity contribution is 5.64. The Morgan fingerprint density at radius 1 is 1.12 bits per heavy atom. The van der Waals surface area contributed by atoms with Crippen molar-refractivity contribution in [3.63, 3.8) is 0 Å². The van der Waals surface area contributed by atoms with Gasteiger partial charge in [0.2, 0.25) is 5.95 Å². The van der Waals surface area contributed by atoms with Crippen LogP contribution in [0.15, 0.2) is 36.5 Å². The maximum absolute atomic E-state index is 11.5. The number of anilines is 2. The van der Waals surface area contributed by atoms with E-state index >= 15 is 0 Å². The van der Waals surface area contributed by atoms with Gasteiger partial charge in [0, 0.05) is 38.9 Å². The van der Waals surface area contributed by atoms with Gasteiger partial charge in [-0.1, -0.05) is 38.1 Å². The molecule has 4 rings (SSSR count). The Balaban J connectivity index is 1.40. The van der Waals surface area contributed by atoms with Crippen molar-refractivity contribution in [2.75, 3.05) is 50.1 Å². The molecule has 2 aliphatic heterocycles. The highest BCUT2D eigenvalue weighted by Crippen LogP contribution is 2.28. The Morgan fingerprint density at radius 2 is 1.85 bits per heavy atom. The molecular weight excluding hydrogens is 416 g/mol. The minimum atomic E-state index is -0.606. The van der Waals surface area contributed by atoms with Gasteiger partial charge in [0.25, 0.3) is 0 Å². The number of rotatable bonds is 8. The van der Waals surface area contributed by atoms with Crippen molar-refractivity contribution in [2.24, 2.45) is 5.92 Å². The summed E-state index contributed by atoms with van der Waals surface area (Å²) in [5, 5.41) is 3.41. The smallest absolute Gasteiger partial charge is 0.225 e. The van der Waals surface area contributed by atoms with Gasteiger partial charge in [-0.3, -0.25) is 9.69 Å². The van der Waals surface area contributed by atoms with Crippen LogP contribution in [0.4, 0.5) is 11.8 Å². The van der Waals surface area contributed by atoms with Gasteiger partial charge < -0.3 is 19.9 Å². The molecule has 1 unspecified atom stereocenters. The molecule has 1 aromatic heterocycles. The molecule has 0 aliphatic carbocycles. The number of likely N-dealkylation sites (N-methyl/N-ethyl adjacent to an activating group) is 1. The molecule has 0 bridgehead atoms. The Labute approximate surface area is 196 Å². The van der Waals surface area contributed by atoms with E-state index in [1.807, 2.05) is 11.0 Å². The molecule has 3 atom stereocenters. The first-order valence-electron chi connectivity index (χ1n) is 11.9. The van der Waals surface area contributed by atoms with Crippen LogP contribution < -0.4 is 10.2 Å². The fourth-order valence-corrected chi connectivity index (χ4v) is 4.48. The highest BCUT2D eigenvalue weighted by Gasteiger charge is 2.37. The number of aldehydes is 1. The zero-order valence-electron chi connectivity index (χ0n) is 20.1. The van der Waals surface area contributed by atoms with Crippen LogP contribution >= 0.6 is 0 Å². The summed E-state index contributed by atoms with van der Waals surface area (Å²) in [5.41, 5.74) is 2.52. The SMILES string of the molecule is CC(C)[C@H]1COC(C=O)N1c1ccnc(N[C@@H](C)c2ccc(CN3CCN(C)CC3)cc2)n1. The number of nitrogens with one attached hydrogen (secondary N) is 1. The fraction of sp³-hybridized carbons (Fsp3) is 0.560. The molecule has 0 saturated carbocycles. The van der Waals surface area contributed by atoms with Gasteiger partial charge >= 0.3 is 0 Å². The number of piperazine rings is 1.